The predicted molar refractivity (Wildman–Crippen MR) is 369 cm³/mol. The van der Waals surface area contributed by atoms with Crippen LogP contribution in [0.5, 0.6) is 11.5 Å². The zero-order valence-corrected chi connectivity index (χ0v) is 62.0. The van der Waals surface area contributed by atoms with Crippen LogP contribution in [0.15, 0.2) is 24.3 Å². The highest BCUT2D eigenvalue weighted by Gasteiger charge is 2.41. The van der Waals surface area contributed by atoms with Gasteiger partial charge in [0.15, 0.2) is 0 Å². The van der Waals surface area contributed by atoms with Crippen molar-refractivity contribution < 1.29 is 37.9 Å². The Morgan fingerprint density at radius 2 is 0.530 bits per heavy atom. The number of unbranched alkanes of at least 4 members (excludes halogenated alkanes) is 6. The van der Waals surface area contributed by atoms with Crippen LogP contribution in [0.4, 0.5) is 0 Å². The molecule has 2 aromatic carbocycles. The number of benzene rings is 2. The second-order valence-corrected chi connectivity index (χ2v) is 62.3. The summed E-state index contributed by atoms with van der Waals surface area (Å²) in [4.78, 5) is 0. The van der Waals surface area contributed by atoms with Gasteiger partial charge in [-0.3, -0.25) is 0 Å². The first-order valence-electron chi connectivity index (χ1n) is 34.7. The molecule has 14 heteroatoms. The molecule has 0 amide bonds. The molecule has 0 aliphatic carbocycles. The third-order valence-corrected chi connectivity index (χ3v) is 41.6. The van der Waals surface area contributed by atoms with E-state index in [0.717, 1.165) is 65.7 Å². The van der Waals surface area contributed by atoms with Crippen LogP contribution in [0.3, 0.4) is 0 Å². The molecule has 6 fully saturated rings. The van der Waals surface area contributed by atoms with Gasteiger partial charge in [0.2, 0.25) is 0 Å². The van der Waals surface area contributed by atoms with Crippen molar-refractivity contribution >= 4 is 69.2 Å². The molecule has 6 heterocycles. The normalized spacial score (nSPS) is 22.5. The lowest BCUT2D eigenvalue weighted by molar-refractivity contribution is 0.321. The lowest BCUT2D eigenvalue weighted by Gasteiger charge is -2.38. The fourth-order valence-corrected chi connectivity index (χ4v) is 30.3. The zero-order chi connectivity index (χ0) is 59.5. The van der Waals surface area contributed by atoms with E-state index in [2.05, 4.69) is 117 Å². The van der Waals surface area contributed by atoms with E-state index in [9.17, 15) is 0 Å². The highest BCUT2D eigenvalue weighted by Crippen LogP contribution is 2.38. The number of rotatable bonds is 46. The van der Waals surface area contributed by atoms with E-state index in [1.165, 1.54) is 187 Å². The summed E-state index contributed by atoms with van der Waals surface area (Å²) in [5.41, 5.74) is 2.78. The van der Waals surface area contributed by atoms with Gasteiger partial charge in [-0.1, -0.05) is 242 Å². The van der Waals surface area contributed by atoms with Crippen LogP contribution in [0.25, 0.3) is 0 Å². The molecule has 6 aliphatic heterocycles. The molecule has 0 bridgehead atoms. The first-order valence-corrected chi connectivity index (χ1v) is 54.3. The largest absolute Gasteiger partial charge is 0.494 e. The molecular weight excluding hydrogens is 1130 g/mol. The van der Waals surface area contributed by atoms with Gasteiger partial charge < -0.3 is 37.9 Å². The standard InChI is InChI=1S/C69H124O8Si6/c1-69(2,55-45-63(80(7,8)41-23-17-31-59-51-74-59)67(64(46-55)81(9,10)42-24-18-32-60-52-75-60)70-35-27-39-78(3,4)37-21-15-29-57-49-72-57)56-47-65(82(11,12)43-25-19-33-61-53-76-61)68(66(48-56)83(13,14)44-26-20-34-62-54-77-62)71-36-28-40-79(5,6)38-22-16-30-58-50-73-58/h45-48,57-62H,15-44,49-54H2,1-14H3. The van der Waals surface area contributed by atoms with Crippen molar-refractivity contribution in [3.05, 3.63) is 35.4 Å². The summed E-state index contributed by atoms with van der Waals surface area (Å²) in [6.07, 6.45) is 28.2. The molecule has 6 aliphatic rings. The molecule has 0 spiro atoms. The maximum atomic E-state index is 7.57. The lowest BCUT2D eigenvalue weighted by Crippen LogP contribution is -2.51. The Labute approximate surface area is 514 Å². The van der Waals surface area contributed by atoms with Crippen molar-refractivity contribution in [2.45, 2.75) is 311 Å². The third kappa shape index (κ3) is 22.8. The van der Waals surface area contributed by atoms with Crippen molar-refractivity contribution in [2.24, 2.45) is 0 Å². The highest BCUT2D eigenvalue weighted by molar-refractivity contribution is 6.95. The van der Waals surface area contributed by atoms with E-state index < -0.39 is 48.4 Å². The number of epoxide rings is 6. The topological polar surface area (TPSA) is 93.6 Å². The van der Waals surface area contributed by atoms with Crippen LogP contribution < -0.4 is 30.2 Å². The third-order valence-electron chi connectivity index (χ3n) is 21.0. The predicted octanol–water partition coefficient (Wildman–Crippen LogP) is 16.0. The molecule has 2 aromatic rings. The minimum atomic E-state index is -2.03. The van der Waals surface area contributed by atoms with Gasteiger partial charge in [-0.2, -0.15) is 0 Å². The van der Waals surface area contributed by atoms with Crippen LogP contribution in [0, 0.1) is 0 Å². The van der Waals surface area contributed by atoms with Gasteiger partial charge in [0, 0.05) is 21.6 Å². The lowest BCUT2D eigenvalue weighted by atomic mass is 9.78. The molecule has 0 aromatic heterocycles. The Kier molecular flexibility index (Phi) is 24.8. The Hall–Kier alpha value is -0.899. The van der Waals surface area contributed by atoms with Crippen molar-refractivity contribution in [3.63, 3.8) is 0 Å². The quantitative estimate of drug-likeness (QED) is 0.0368. The Morgan fingerprint density at radius 3 is 0.747 bits per heavy atom. The van der Waals surface area contributed by atoms with E-state index in [4.69, 9.17) is 37.9 Å². The van der Waals surface area contributed by atoms with E-state index >= 15 is 0 Å². The average Bonchev–Trinajstić information content (AvgIpc) is 2.18. The van der Waals surface area contributed by atoms with Crippen LogP contribution >= 0.6 is 0 Å². The van der Waals surface area contributed by atoms with Crippen molar-refractivity contribution in [3.8, 4) is 11.5 Å². The van der Waals surface area contributed by atoms with E-state index in [1.54, 1.807) is 20.7 Å². The van der Waals surface area contributed by atoms with Crippen molar-refractivity contribution in [1.29, 1.82) is 0 Å². The first kappa shape index (κ1) is 68.0. The van der Waals surface area contributed by atoms with Gasteiger partial charge in [-0.25, -0.2) is 0 Å². The first-order chi connectivity index (χ1) is 39.3. The summed E-state index contributed by atoms with van der Waals surface area (Å²) >= 11 is 0. The molecule has 6 atom stereocenters. The Morgan fingerprint density at radius 1 is 0.325 bits per heavy atom. The zero-order valence-electron chi connectivity index (χ0n) is 56.0. The van der Waals surface area contributed by atoms with Gasteiger partial charge in [0.05, 0.1) is 122 Å². The SMILES string of the molecule is CC(C)(c1cc([Si](C)(C)CCCCC2CO2)c(OCCC[Si](C)(C)CCCCC2CO2)c([Si](C)(C)CCCCC2CO2)c1)c1cc([Si](C)(C)CCCCC2CO2)c(OCCC[Si](C)(C)CCCCC2CO2)c([Si](C)(C)CCCCC2CO2)c1. The second-order valence-electron chi connectivity index (χ2n) is 32.4. The van der Waals surface area contributed by atoms with Crippen LogP contribution in [0.2, 0.25) is 127 Å². The molecule has 0 saturated carbocycles. The smallest absolute Gasteiger partial charge is 0.117 e. The maximum Gasteiger partial charge on any atom is 0.117 e. The maximum absolute atomic E-state index is 7.57. The molecule has 6 unspecified atom stereocenters. The minimum Gasteiger partial charge on any atom is -0.494 e. The summed E-state index contributed by atoms with van der Waals surface area (Å²) in [5, 5.41) is 6.39. The van der Waals surface area contributed by atoms with Gasteiger partial charge in [-0.15, -0.1) is 0 Å². The Bertz CT molecular complexity index is 2050. The summed E-state index contributed by atoms with van der Waals surface area (Å²) in [7, 11) is -10.8. The van der Waals surface area contributed by atoms with E-state index in [-0.39, 0.29) is 5.41 Å². The molecule has 0 radical (unpaired) electrons. The van der Waals surface area contributed by atoms with E-state index in [1.807, 2.05) is 0 Å². The fourth-order valence-electron chi connectivity index (χ4n) is 13.8. The monoisotopic (exact) mass is 1250 g/mol. The molecule has 6 saturated heterocycles. The molecule has 83 heavy (non-hydrogen) atoms. The summed E-state index contributed by atoms with van der Waals surface area (Å²) in [6, 6.07) is 21.6. The minimum absolute atomic E-state index is 0.240. The van der Waals surface area contributed by atoms with Gasteiger partial charge in [0.1, 0.15) is 11.5 Å². The van der Waals surface area contributed by atoms with Crippen LogP contribution in [-0.4, -0.2) is 138 Å². The summed E-state index contributed by atoms with van der Waals surface area (Å²) in [5.74, 6) is 2.63. The van der Waals surface area contributed by atoms with Crippen molar-refractivity contribution in [1.82, 2.24) is 0 Å². The van der Waals surface area contributed by atoms with Gasteiger partial charge in [-0.05, 0) is 83.2 Å². The van der Waals surface area contributed by atoms with Crippen LogP contribution in [-0.2, 0) is 33.8 Å². The number of ether oxygens (including phenoxy) is 8. The summed E-state index contributed by atoms with van der Waals surface area (Å²) in [6.45, 7) is 44.8. The average molecular weight is 1250 g/mol. The van der Waals surface area contributed by atoms with Gasteiger partial charge >= 0.3 is 0 Å². The number of hydrogen-bond acceptors (Lipinski definition) is 8. The fraction of sp³-hybridized carbons (Fsp3) is 0.826. The molecule has 8 nitrogen and oxygen atoms in total. The molecular formula is C69H124O8Si6. The van der Waals surface area contributed by atoms with E-state index in [0.29, 0.717) is 36.6 Å². The van der Waals surface area contributed by atoms with Crippen LogP contribution in [0.1, 0.15) is 153 Å². The second kappa shape index (κ2) is 30.3. The van der Waals surface area contributed by atoms with Gasteiger partial charge in [0.25, 0.3) is 0 Å². The molecule has 0 N–H and O–H groups in total. The number of hydrogen-bond donors (Lipinski definition) is 0. The molecule has 472 valence electrons. The highest BCUT2D eigenvalue weighted by atomic mass is 28.3. The molecule has 8 rings (SSSR count). The summed E-state index contributed by atoms with van der Waals surface area (Å²) < 4.78 is 49.2. The Balaban J connectivity index is 1.16. The van der Waals surface area contributed by atoms with Crippen molar-refractivity contribution in [2.75, 3.05) is 52.9 Å².